The summed E-state index contributed by atoms with van der Waals surface area (Å²) < 4.78 is 32.9. The van der Waals surface area contributed by atoms with Crippen LogP contribution in [0, 0.1) is 5.92 Å². The van der Waals surface area contributed by atoms with Crippen LogP contribution < -0.4 is 10.1 Å². The number of nitrogens with zero attached hydrogens (tertiary/aromatic N) is 1. The van der Waals surface area contributed by atoms with Crippen molar-refractivity contribution in [3.63, 3.8) is 0 Å². The van der Waals surface area contributed by atoms with Crippen LogP contribution in [-0.4, -0.2) is 44.9 Å². The highest BCUT2D eigenvalue weighted by atomic mass is 35.5. The molecule has 0 saturated carbocycles. The van der Waals surface area contributed by atoms with E-state index in [1.165, 1.54) is 22.0 Å². The maximum absolute atomic E-state index is 12.9. The van der Waals surface area contributed by atoms with Gasteiger partial charge in [0.2, 0.25) is 15.9 Å². The first kappa shape index (κ1) is 24.6. The van der Waals surface area contributed by atoms with E-state index < -0.39 is 10.0 Å². The monoisotopic (exact) mass is 478 g/mol. The number of rotatable bonds is 7. The number of carbonyl (C=O) groups is 1. The third-order valence-corrected chi connectivity index (χ3v) is 7.73. The van der Waals surface area contributed by atoms with Gasteiger partial charge in [-0.3, -0.25) is 4.79 Å². The minimum Gasteiger partial charge on any atom is -0.492 e. The summed E-state index contributed by atoms with van der Waals surface area (Å²) in [6, 6.07) is 14.1. The molecule has 174 valence electrons. The second kappa shape index (κ2) is 10.2. The minimum atomic E-state index is -3.65. The molecule has 1 amide bonds. The highest BCUT2D eigenvalue weighted by molar-refractivity contribution is 7.89. The van der Waals surface area contributed by atoms with E-state index in [-0.39, 0.29) is 28.7 Å². The quantitative estimate of drug-likeness (QED) is 0.604. The summed E-state index contributed by atoms with van der Waals surface area (Å²) in [4.78, 5) is 12.8. The Balaban J connectivity index is 1.48. The van der Waals surface area contributed by atoms with Crippen molar-refractivity contribution < 1.29 is 17.9 Å². The summed E-state index contributed by atoms with van der Waals surface area (Å²) >= 11 is 5.87. The van der Waals surface area contributed by atoms with Crippen LogP contribution in [0.15, 0.2) is 53.4 Å². The van der Waals surface area contributed by atoms with Crippen LogP contribution in [0.2, 0.25) is 5.02 Å². The van der Waals surface area contributed by atoms with Crippen LogP contribution in [0.4, 0.5) is 0 Å². The van der Waals surface area contributed by atoms with Gasteiger partial charge in [0.05, 0.1) is 17.4 Å². The molecule has 3 rings (SSSR count). The standard InChI is InChI=1S/C24H31ClN2O4S/c1-24(2,3)19-6-10-21(11-7-19)31-16-14-26-23(28)18-5-4-15-27(17-18)32(29,30)22-12-8-20(25)9-13-22/h6-13,18H,4-5,14-17H2,1-3H3,(H,26,28). The van der Waals surface area contributed by atoms with Crippen LogP contribution in [0.25, 0.3) is 0 Å². The van der Waals surface area contributed by atoms with E-state index in [0.717, 1.165) is 5.75 Å². The SMILES string of the molecule is CC(C)(C)c1ccc(OCCNC(=O)C2CCCN(S(=O)(=O)c3ccc(Cl)cc3)C2)cc1. The molecular formula is C24H31ClN2O4S. The first-order chi connectivity index (χ1) is 15.1. The maximum Gasteiger partial charge on any atom is 0.243 e. The molecule has 32 heavy (non-hydrogen) atoms. The lowest BCUT2D eigenvalue weighted by molar-refractivity contribution is -0.126. The van der Waals surface area contributed by atoms with E-state index >= 15 is 0 Å². The summed E-state index contributed by atoms with van der Waals surface area (Å²) in [7, 11) is -3.65. The van der Waals surface area contributed by atoms with E-state index in [9.17, 15) is 13.2 Å². The second-order valence-electron chi connectivity index (χ2n) is 9.07. The topological polar surface area (TPSA) is 75.7 Å². The maximum atomic E-state index is 12.9. The summed E-state index contributed by atoms with van der Waals surface area (Å²) in [6.45, 7) is 7.76. The van der Waals surface area contributed by atoms with Crippen molar-refractivity contribution in [3.05, 3.63) is 59.1 Å². The van der Waals surface area contributed by atoms with Crippen molar-refractivity contribution in [2.75, 3.05) is 26.2 Å². The number of sulfonamides is 1. The van der Waals surface area contributed by atoms with E-state index in [1.54, 1.807) is 12.1 Å². The van der Waals surface area contributed by atoms with Crippen LogP contribution in [0.3, 0.4) is 0 Å². The van der Waals surface area contributed by atoms with Gasteiger partial charge in [-0.25, -0.2) is 8.42 Å². The number of hydrogen-bond donors (Lipinski definition) is 1. The van der Waals surface area contributed by atoms with Gasteiger partial charge < -0.3 is 10.1 Å². The smallest absolute Gasteiger partial charge is 0.243 e. The molecule has 0 bridgehead atoms. The molecule has 0 spiro atoms. The fourth-order valence-electron chi connectivity index (χ4n) is 3.67. The zero-order chi connectivity index (χ0) is 23.4. The molecule has 1 unspecified atom stereocenters. The van der Waals surface area contributed by atoms with Gasteiger partial charge in [-0.1, -0.05) is 44.5 Å². The van der Waals surface area contributed by atoms with Gasteiger partial charge in [0.25, 0.3) is 0 Å². The number of benzene rings is 2. The fraction of sp³-hybridized carbons (Fsp3) is 0.458. The molecule has 6 nitrogen and oxygen atoms in total. The third kappa shape index (κ3) is 6.24. The van der Waals surface area contributed by atoms with Crippen molar-refractivity contribution in [2.24, 2.45) is 5.92 Å². The summed E-state index contributed by atoms with van der Waals surface area (Å²) in [5, 5.41) is 3.35. The highest BCUT2D eigenvalue weighted by Gasteiger charge is 2.33. The average Bonchev–Trinajstić information content (AvgIpc) is 2.76. The number of halogens is 1. The highest BCUT2D eigenvalue weighted by Crippen LogP contribution is 2.25. The molecule has 1 aliphatic rings. The zero-order valence-corrected chi connectivity index (χ0v) is 20.4. The molecule has 1 heterocycles. The minimum absolute atomic E-state index is 0.0847. The normalized spacial score (nSPS) is 17.7. The van der Waals surface area contributed by atoms with Gasteiger partial charge in [0, 0.05) is 18.1 Å². The lowest BCUT2D eigenvalue weighted by Gasteiger charge is -2.31. The van der Waals surface area contributed by atoms with Gasteiger partial charge in [0.1, 0.15) is 12.4 Å². The van der Waals surface area contributed by atoms with Gasteiger partial charge in [-0.2, -0.15) is 4.31 Å². The first-order valence-electron chi connectivity index (χ1n) is 10.8. The summed E-state index contributed by atoms with van der Waals surface area (Å²) in [5.41, 5.74) is 1.31. The van der Waals surface area contributed by atoms with Gasteiger partial charge in [-0.05, 0) is 60.2 Å². The summed E-state index contributed by atoms with van der Waals surface area (Å²) in [6.07, 6.45) is 1.30. The number of piperidine rings is 1. The van der Waals surface area contributed by atoms with E-state index in [0.29, 0.717) is 37.6 Å². The van der Waals surface area contributed by atoms with Crippen LogP contribution >= 0.6 is 11.6 Å². The fourth-order valence-corrected chi connectivity index (χ4v) is 5.32. The van der Waals surface area contributed by atoms with Crippen molar-refractivity contribution in [1.29, 1.82) is 0 Å². The third-order valence-electron chi connectivity index (χ3n) is 5.60. The van der Waals surface area contributed by atoms with E-state index in [2.05, 4.69) is 26.1 Å². The number of ether oxygens (including phenoxy) is 1. The Morgan fingerprint density at radius 2 is 1.78 bits per heavy atom. The molecule has 1 fully saturated rings. The largest absolute Gasteiger partial charge is 0.492 e. The first-order valence-corrected chi connectivity index (χ1v) is 12.7. The second-order valence-corrected chi connectivity index (χ2v) is 11.4. The van der Waals surface area contributed by atoms with E-state index in [4.69, 9.17) is 16.3 Å². The summed E-state index contributed by atoms with van der Waals surface area (Å²) in [5.74, 6) is 0.231. The van der Waals surface area contributed by atoms with Crippen LogP contribution in [0.5, 0.6) is 5.75 Å². The van der Waals surface area contributed by atoms with Gasteiger partial charge in [-0.15, -0.1) is 0 Å². The molecule has 8 heteroatoms. The predicted molar refractivity (Wildman–Crippen MR) is 127 cm³/mol. The van der Waals surface area contributed by atoms with Crippen molar-refractivity contribution in [3.8, 4) is 5.75 Å². The Kier molecular flexibility index (Phi) is 7.85. The van der Waals surface area contributed by atoms with Crippen molar-refractivity contribution >= 4 is 27.5 Å². The molecule has 0 aromatic heterocycles. The lowest BCUT2D eigenvalue weighted by atomic mass is 9.87. The predicted octanol–water partition coefficient (Wildman–Crippen LogP) is 4.23. The molecule has 1 atom stereocenters. The lowest BCUT2D eigenvalue weighted by Crippen LogP contribution is -2.45. The number of amides is 1. The molecule has 1 aliphatic heterocycles. The van der Waals surface area contributed by atoms with Crippen LogP contribution in [-0.2, 0) is 20.2 Å². The van der Waals surface area contributed by atoms with Gasteiger partial charge in [0.15, 0.2) is 0 Å². The molecule has 1 saturated heterocycles. The number of hydrogen-bond acceptors (Lipinski definition) is 4. The van der Waals surface area contributed by atoms with Crippen LogP contribution in [0.1, 0.15) is 39.2 Å². The molecule has 0 radical (unpaired) electrons. The number of nitrogens with one attached hydrogen (secondary N) is 1. The Morgan fingerprint density at radius 3 is 2.41 bits per heavy atom. The molecule has 0 aliphatic carbocycles. The Bertz CT molecular complexity index is 1020. The van der Waals surface area contributed by atoms with Gasteiger partial charge >= 0.3 is 0 Å². The Morgan fingerprint density at radius 1 is 1.12 bits per heavy atom. The molecule has 2 aromatic rings. The Hall–Kier alpha value is -2.09. The number of carbonyl (C=O) groups excluding carboxylic acids is 1. The van der Waals surface area contributed by atoms with Crippen molar-refractivity contribution in [2.45, 2.75) is 43.9 Å². The molecule has 1 N–H and O–H groups in total. The zero-order valence-electron chi connectivity index (χ0n) is 18.8. The average molecular weight is 479 g/mol. The van der Waals surface area contributed by atoms with Crippen molar-refractivity contribution in [1.82, 2.24) is 9.62 Å². The molecular weight excluding hydrogens is 448 g/mol. The Labute approximate surface area is 196 Å². The molecule has 2 aromatic carbocycles. The van der Waals surface area contributed by atoms with E-state index in [1.807, 2.05) is 24.3 Å².